The first-order valence-corrected chi connectivity index (χ1v) is 6.23. The Bertz CT molecular complexity index is 449. The van der Waals surface area contributed by atoms with Crippen LogP contribution in [0.15, 0.2) is 30.3 Å². The monoisotopic (exact) mass is 260 g/mol. The number of carbonyl (C=O) groups excluding carboxylic acids is 1. The summed E-state index contributed by atoms with van der Waals surface area (Å²) < 4.78 is 5.04. The number of nitrogens with one attached hydrogen (secondary N) is 1. The molecule has 1 N–H and O–H groups in total. The lowest BCUT2D eigenvalue weighted by atomic mass is 9.98. The van der Waals surface area contributed by atoms with Crippen LogP contribution in [0.2, 0.25) is 0 Å². The topological polar surface area (TPSA) is 62.1 Å². The van der Waals surface area contributed by atoms with Crippen molar-refractivity contribution in [3.63, 3.8) is 0 Å². The number of ether oxygens (including phenoxy) is 1. The van der Waals surface area contributed by atoms with Crippen LogP contribution in [0, 0.1) is 17.2 Å². The summed E-state index contributed by atoms with van der Waals surface area (Å²) in [6.07, 6.45) is 0.423. The Morgan fingerprint density at radius 1 is 1.42 bits per heavy atom. The summed E-state index contributed by atoms with van der Waals surface area (Å²) in [7, 11) is 1.58. The van der Waals surface area contributed by atoms with Crippen LogP contribution in [0.1, 0.15) is 19.4 Å². The second kappa shape index (κ2) is 6.91. The molecule has 0 saturated carbocycles. The van der Waals surface area contributed by atoms with E-state index in [9.17, 15) is 4.79 Å². The highest BCUT2D eigenvalue weighted by Crippen LogP contribution is 2.11. The van der Waals surface area contributed by atoms with Crippen LogP contribution in [0.3, 0.4) is 0 Å². The van der Waals surface area contributed by atoms with Crippen molar-refractivity contribution in [2.24, 2.45) is 5.92 Å². The zero-order chi connectivity index (χ0) is 14.3. The number of nitrogens with zero attached hydrogens (tertiary/aromatic N) is 1. The number of carbonyl (C=O) groups is 1. The first-order valence-electron chi connectivity index (χ1n) is 6.23. The molecular formula is C15H20N2O2. The third-order valence-electron chi connectivity index (χ3n) is 2.72. The van der Waals surface area contributed by atoms with Gasteiger partial charge in [-0.1, -0.05) is 30.3 Å². The summed E-state index contributed by atoms with van der Waals surface area (Å²) in [6.45, 7) is 4.14. The fourth-order valence-electron chi connectivity index (χ4n) is 1.86. The molecule has 1 atom stereocenters. The maximum atomic E-state index is 12.1. The van der Waals surface area contributed by atoms with Gasteiger partial charge in [-0.25, -0.2) is 0 Å². The van der Waals surface area contributed by atoms with E-state index < -0.39 is 11.5 Å². The fraction of sp³-hybridized carbons (Fsp3) is 0.467. The van der Waals surface area contributed by atoms with Crippen LogP contribution in [-0.2, 0) is 16.0 Å². The number of rotatable bonds is 6. The summed E-state index contributed by atoms with van der Waals surface area (Å²) in [5.74, 6) is -0.938. The van der Waals surface area contributed by atoms with Crippen LogP contribution >= 0.6 is 0 Å². The van der Waals surface area contributed by atoms with E-state index in [-0.39, 0.29) is 5.91 Å². The number of hydrogen-bond acceptors (Lipinski definition) is 3. The molecule has 0 radical (unpaired) electrons. The van der Waals surface area contributed by atoms with E-state index in [1.807, 2.05) is 44.2 Å². The van der Waals surface area contributed by atoms with Gasteiger partial charge in [0.25, 0.3) is 0 Å². The van der Waals surface area contributed by atoms with Crippen LogP contribution in [0.5, 0.6) is 0 Å². The molecule has 0 aromatic heterocycles. The molecular weight excluding hydrogens is 240 g/mol. The van der Waals surface area contributed by atoms with Gasteiger partial charge >= 0.3 is 0 Å². The number of hydrogen-bond donors (Lipinski definition) is 1. The minimum Gasteiger partial charge on any atom is -0.382 e. The number of nitriles is 1. The summed E-state index contributed by atoms with van der Waals surface area (Å²) >= 11 is 0. The molecule has 1 aromatic carbocycles. The Balaban J connectivity index is 2.66. The lowest BCUT2D eigenvalue weighted by Crippen LogP contribution is -2.49. The van der Waals surface area contributed by atoms with Crippen LogP contribution in [-0.4, -0.2) is 25.2 Å². The highest BCUT2D eigenvalue weighted by molar-refractivity contribution is 5.82. The SMILES string of the molecule is COCC(C)(C)NC(=O)C(C#N)Cc1ccccc1. The minimum absolute atomic E-state index is 0.256. The van der Waals surface area contributed by atoms with Gasteiger partial charge in [0.1, 0.15) is 5.92 Å². The molecule has 4 heteroatoms. The van der Waals surface area contributed by atoms with Gasteiger partial charge < -0.3 is 10.1 Å². The van der Waals surface area contributed by atoms with E-state index in [0.29, 0.717) is 13.0 Å². The maximum absolute atomic E-state index is 12.1. The molecule has 1 amide bonds. The normalized spacial score (nSPS) is 12.5. The second-order valence-electron chi connectivity index (χ2n) is 5.18. The lowest BCUT2D eigenvalue weighted by Gasteiger charge is -2.26. The largest absolute Gasteiger partial charge is 0.382 e. The quantitative estimate of drug-likeness (QED) is 0.850. The third kappa shape index (κ3) is 5.11. The average Bonchev–Trinajstić information content (AvgIpc) is 2.36. The number of amides is 1. The van der Waals surface area contributed by atoms with Gasteiger partial charge in [0, 0.05) is 7.11 Å². The predicted molar refractivity (Wildman–Crippen MR) is 73.3 cm³/mol. The van der Waals surface area contributed by atoms with Crippen LogP contribution in [0.25, 0.3) is 0 Å². The third-order valence-corrected chi connectivity index (χ3v) is 2.72. The van der Waals surface area contributed by atoms with Crippen molar-refractivity contribution in [1.82, 2.24) is 5.32 Å². The lowest BCUT2D eigenvalue weighted by molar-refractivity contribution is -0.125. The standard InChI is InChI=1S/C15H20N2O2/c1-15(2,11-19-3)17-14(18)13(10-16)9-12-7-5-4-6-8-12/h4-8,13H,9,11H2,1-3H3,(H,17,18). The second-order valence-corrected chi connectivity index (χ2v) is 5.18. The average molecular weight is 260 g/mol. The Morgan fingerprint density at radius 2 is 2.05 bits per heavy atom. The van der Waals surface area contributed by atoms with E-state index in [2.05, 4.69) is 11.4 Å². The van der Waals surface area contributed by atoms with Crippen molar-refractivity contribution >= 4 is 5.91 Å². The molecule has 0 fully saturated rings. The molecule has 0 aliphatic carbocycles. The molecule has 19 heavy (non-hydrogen) atoms. The molecule has 4 nitrogen and oxygen atoms in total. The van der Waals surface area contributed by atoms with Crippen LogP contribution in [0.4, 0.5) is 0 Å². The smallest absolute Gasteiger partial charge is 0.238 e. The van der Waals surface area contributed by atoms with E-state index in [1.54, 1.807) is 7.11 Å². The fourth-order valence-corrected chi connectivity index (χ4v) is 1.86. The molecule has 1 unspecified atom stereocenters. The molecule has 0 aliphatic heterocycles. The molecule has 0 heterocycles. The van der Waals surface area contributed by atoms with Gasteiger partial charge in [-0.3, -0.25) is 4.79 Å². The van der Waals surface area contributed by atoms with E-state index in [0.717, 1.165) is 5.56 Å². The summed E-state index contributed by atoms with van der Waals surface area (Å²) in [5, 5.41) is 12.0. The molecule has 0 bridgehead atoms. The van der Waals surface area contributed by atoms with Crippen molar-refractivity contribution in [3.05, 3.63) is 35.9 Å². The molecule has 0 saturated heterocycles. The highest BCUT2D eigenvalue weighted by atomic mass is 16.5. The van der Waals surface area contributed by atoms with Crippen molar-refractivity contribution in [3.8, 4) is 6.07 Å². The van der Waals surface area contributed by atoms with Gasteiger partial charge in [0.15, 0.2) is 0 Å². The minimum atomic E-state index is -0.682. The maximum Gasteiger partial charge on any atom is 0.238 e. The van der Waals surface area contributed by atoms with Gasteiger partial charge in [0.05, 0.1) is 18.2 Å². The van der Waals surface area contributed by atoms with Crippen LogP contribution < -0.4 is 5.32 Å². The zero-order valence-electron chi connectivity index (χ0n) is 11.6. The first-order chi connectivity index (χ1) is 8.98. The van der Waals surface area contributed by atoms with Gasteiger partial charge in [-0.15, -0.1) is 0 Å². The molecule has 1 aromatic rings. The van der Waals surface area contributed by atoms with Gasteiger partial charge in [0.2, 0.25) is 5.91 Å². The summed E-state index contributed by atoms with van der Waals surface area (Å²) in [5.41, 5.74) is 0.506. The summed E-state index contributed by atoms with van der Waals surface area (Å²) in [6, 6.07) is 11.6. The van der Waals surface area contributed by atoms with Crippen molar-refractivity contribution < 1.29 is 9.53 Å². The van der Waals surface area contributed by atoms with E-state index in [1.165, 1.54) is 0 Å². The van der Waals surface area contributed by atoms with E-state index in [4.69, 9.17) is 10.00 Å². The zero-order valence-corrected chi connectivity index (χ0v) is 11.6. The first kappa shape index (κ1) is 15.2. The van der Waals surface area contributed by atoms with Crippen molar-refractivity contribution in [2.45, 2.75) is 25.8 Å². The Kier molecular flexibility index (Phi) is 5.53. The molecule has 0 aliphatic rings. The van der Waals surface area contributed by atoms with Crippen molar-refractivity contribution in [2.75, 3.05) is 13.7 Å². The molecule has 1 rings (SSSR count). The number of benzene rings is 1. The number of methoxy groups -OCH3 is 1. The van der Waals surface area contributed by atoms with E-state index >= 15 is 0 Å². The Morgan fingerprint density at radius 3 is 2.58 bits per heavy atom. The van der Waals surface area contributed by atoms with Gasteiger partial charge in [-0.05, 0) is 25.8 Å². The highest BCUT2D eigenvalue weighted by Gasteiger charge is 2.25. The Hall–Kier alpha value is -1.86. The Labute approximate surface area is 114 Å². The molecule has 0 spiro atoms. The predicted octanol–water partition coefficient (Wildman–Crippen LogP) is 1.91. The van der Waals surface area contributed by atoms with Crippen molar-refractivity contribution in [1.29, 1.82) is 5.26 Å². The molecule has 102 valence electrons. The van der Waals surface area contributed by atoms with Gasteiger partial charge in [-0.2, -0.15) is 5.26 Å². The summed E-state index contributed by atoms with van der Waals surface area (Å²) in [4.78, 5) is 12.1.